The topological polar surface area (TPSA) is 62.0 Å². The molecule has 0 radical (unpaired) electrons. The van der Waals surface area contributed by atoms with Gasteiger partial charge in [-0.2, -0.15) is 0 Å². The standard InChI is InChI=1S/C21H32ClN3O2/c22-17-3-1-2-4-18(17)25-10-5-16(6-11-25)24-12-7-21(8-13-24)19(26)15-20(21)27-14-9-23/h1-4,16,19-20,26H,5-15,23H2. The summed E-state index contributed by atoms with van der Waals surface area (Å²) >= 11 is 6.36. The normalized spacial score (nSPS) is 29.1. The maximum Gasteiger partial charge on any atom is 0.0682 e. The van der Waals surface area contributed by atoms with Gasteiger partial charge in [-0.1, -0.05) is 23.7 Å². The Labute approximate surface area is 167 Å². The second-order valence-electron chi connectivity index (χ2n) is 8.34. The molecule has 5 nitrogen and oxygen atoms in total. The number of para-hydroxylation sites is 1. The van der Waals surface area contributed by atoms with Crippen molar-refractivity contribution in [3.8, 4) is 0 Å². The number of benzene rings is 1. The highest BCUT2D eigenvalue weighted by atomic mass is 35.5. The number of rotatable bonds is 5. The fourth-order valence-electron chi connectivity index (χ4n) is 5.31. The van der Waals surface area contributed by atoms with E-state index in [1.807, 2.05) is 12.1 Å². The molecule has 1 aliphatic carbocycles. The van der Waals surface area contributed by atoms with Crippen molar-refractivity contribution in [2.24, 2.45) is 11.1 Å². The predicted octanol–water partition coefficient (Wildman–Crippen LogP) is 2.50. The Morgan fingerprint density at radius 1 is 1.15 bits per heavy atom. The molecule has 0 bridgehead atoms. The van der Waals surface area contributed by atoms with Crippen molar-refractivity contribution in [3.05, 3.63) is 29.3 Å². The van der Waals surface area contributed by atoms with Gasteiger partial charge in [0, 0.05) is 37.5 Å². The smallest absolute Gasteiger partial charge is 0.0682 e. The average Bonchev–Trinajstić information content (AvgIpc) is 2.72. The van der Waals surface area contributed by atoms with Gasteiger partial charge in [0.15, 0.2) is 0 Å². The number of hydrogen-bond donors (Lipinski definition) is 2. The summed E-state index contributed by atoms with van der Waals surface area (Å²) < 4.78 is 5.92. The fourth-order valence-corrected chi connectivity index (χ4v) is 5.57. The van der Waals surface area contributed by atoms with Crippen molar-refractivity contribution in [1.29, 1.82) is 0 Å². The van der Waals surface area contributed by atoms with Gasteiger partial charge >= 0.3 is 0 Å². The van der Waals surface area contributed by atoms with Crippen LogP contribution in [0.3, 0.4) is 0 Å². The molecule has 4 rings (SSSR count). The number of aliphatic hydroxyl groups excluding tert-OH is 1. The summed E-state index contributed by atoms with van der Waals surface area (Å²) in [6, 6.07) is 8.78. The van der Waals surface area contributed by atoms with Gasteiger partial charge in [0.05, 0.1) is 29.5 Å². The summed E-state index contributed by atoms with van der Waals surface area (Å²) in [5.74, 6) is 0. The number of ether oxygens (including phenoxy) is 1. The van der Waals surface area contributed by atoms with Crippen molar-refractivity contribution < 1.29 is 9.84 Å². The van der Waals surface area contributed by atoms with Crippen LogP contribution in [0.4, 0.5) is 5.69 Å². The Bertz CT molecular complexity index is 628. The second-order valence-corrected chi connectivity index (χ2v) is 8.75. The van der Waals surface area contributed by atoms with Crippen LogP contribution in [0.15, 0.2) is 24.3 Å². The van der Waals surface area contributed by atoms with Crippen LogP contribution in [0.2, 0.25) is 5.02 Å². The van der Waals surface area contributed by atoms with Gasteiger partial charge in [0.1, 0.15) is 0 Å². The summed E-state index contributed by atoms with van der Waals surface area (Å²) in [6.07, 6.45) is 5.19. The molecule has 1 aromatic rings. The van der Waals surface area contributed by atoms with Gasteiger partial charge < -0.3 is 25.4 Å². The molecule has 2 heterocycles. The number of anilines is 1. The molecular weight excluding hydrogens is 362 g/mol. The van der Waals surface area contributed by atoms with Crippen LogP contribution in [-0.2, 0) is 4.74 Å². The molecule has 1 aromatic carbocycles. The molecule has 150 valence electrons. The van der Waals surface area contributed by atoms with Crippen LogP contribution in [0.1, 0.15) is 32.1 Å². The maximum absolute atomic E-state index is 10.4. The molecular formula is C21H32ClN3O2. The molecule has 2 saturated heterocycles. The summed E-state index contributed by atoms with van der Waals surface area (Å²) in [5, 5.41) is 11.3. The van der Waals surface area contributed by atoms with E-state index in [0.717, 1.165) is 56.2 Å². The van der Waals surface area contributed by atoms with Crippen LogP contribution in [0, 0.1) is 5.41 Å². The van der Waals surface area contributed by atoms with Crippen LogP contribution in [-0.4, -0.2) is 67.6 Å². The third kappa shape index (κ3) is 3.73. The van der Waals surface area contributed by atoms with Crippen molar-refractivity contribution in [2.75, 3.05) is 44.2 Å². The largest absolute Gasteiger partial charge is 0.392 e. The SMILES string of the molecule is NCCOC1CC(O)C12CCN(C1CCN(c3ccccc3Cl)CC1)CC2. The summed E-state index contributed by atoms with van der Waals surface area (Å²) in [6.45, 7) is 5.40. The van der Waals surface area contributed by atoms with Crippen molar-refractivity contribution in [2.45, 2.75) is 50.4 Å². The molecule has 0 amide bonds. The minimum Gasteiger partial charge on any atom is -0.392 e. The molecule has 2 unspecified atom stereocenters. The maximum atomic E-state index is 10.4. The fraction of sp³-hybridized carbons (Fsp3) is 0.714. The number of halogens is 1. The van der Waals surface area contributed by atoms with Gasteiger partial charge in [-0.25, -0.2) is 0 Å². The Morgan fingerprint density at radius 3 is 2.48 bits per heavy atom. The Hall–Kier alpha value is -0.850. The van der Waals surface area contributed by atoms with Crippen LogP contribution >= 0.6 is 11.6 Å². The van der Waals surface area contributed by atoms with E-state index in [1.165, 1.54) is 12.8 Å². The van der Waals surface area contributed by atoms with Gasteiger partial charge in [-0.05, 0) is 50.9 Å². The highest BCUT2D eigenvalue weighted by molar-refractivity contribution is 6.33. The zero-order chi connectivity index (χ0) is 18.9. The number of aliphatic hydroxyl groups is 1. The number of hydrogen-bond acceptors (Lipinski definition) is 5. The van der Waals surface area contributed by atoms with E-state index in [4.69, 9.17) is 22.1 Å². The number of piperidine rings is 2. The molecule has 0 aromatic heterocycles. The highest BCUT2D eigenvalue weighted by Crippen LogP contribution is 2.51. The van der Waals surface area contributed by atoms with E-state index in [0.29, 0.717) is 19.2 Å². The second kappa shape index (κ2) is 8.26. The van der Waals surface area contributed by atoms with Gasteiger partial charge in [-0.3, -0.25) is 0 Å². The first-order valence-corrected chi connectivity index (χ1v) is 10.7. The Balaban J connectivity index is 1.29. The third-order valence-electron chi connectivity index (χ3n) is 7.08. The lowest BCUT2D eigenvalue weighted by atomic mass is 9.58. The van der Waals surface area contributed by atoms with Gasteiger partial charge in [0.25, 0.3) is 0 Å². The molecule has 2 aliphatic heterocycles. The van der Waals surface area contributed by atoms with Gasteiger partial charge in [-0.15, -0.1) is 0 Å². The molecule has 1 saturated carbocycles. The van der Waals surface area contributed by atoms with E-state index in [2.05, 4.69) is 21.9 Å². The zero-order valence-corrected chi connectivity index (χ0v) is 16.8. The molecule has 2 atom stereocenters. The lowest BCUT2D eigenvalue weighted by molar-refractivity contribution is -0.212. The first-order valence-electron chi connectivity index (χ1n) is 10.4. The van der Waals surface area contributed by atoms with E-state index >= 15 is 0 Å². The molecule has 27 heavy (non-hydrogen) atoms. The first kappa shape index (κ1) is 19.5. The van der Waals surface area contributed by atoms with Crippen molar-refractivity contribution in [1.82, 2.24) is 4.90 Å². The third-order valence-corrected chi connectivity index (χ3v) is 7.40. The highest BCUT2D eigenvalue weighted by Gasteiger charge is 2.56. The van der Waals surface area contributed by atoms with Crippen LogP contribution in [0.25, 0.3) is 0 Å². The number of likely N-dealkylation sites (tertiary alicyclic amines) is 1. The molecule has 6 heteroatoms. The summed E-state index contributed by atoms with van der Waals surface area (Å²) in [5.41, 5.74) is 6.72. The number of nitrogens with two attached hydrogens (primary N) is 1. The van der Waals surface area contributed by atoms with E-state index in [9.17, 15) is 5.11 Å². The summed E-state index contributed by atoms with van der Waals surface area (Å²) in [4.78, 5) is 5.05. The minimum absolute atomic E-state index is 0.0239. The lowest BCUT2D eigenvalue weighted by Crippen LogP contribution is -2.63. The van der Waals surface area contributed by atoms with Crippen molar-refractivity contribution in [3.63, 3.8) is 0 Å². The Kier molecular flexibility index (Phi) is 5.95. The summed E-state index contributed by atoms with van der Waals surface area (Å²) in [7, 11) is 0. The van der Waals surface area contributed by atoms with E-state index in [-0.39, 0.29) is 17.6 Å². The number of nitrogens with zero attached hydrogens (tertiary/aromatic N) is 2. The van der Waals surface area contributed by atoms with E-state index < -0.39 is 0 Å². The predicted molar refractivity (Wildman–Crippen MR) is 109 cm³/mol. The average molecular weight is 394 g/mol. The lowest BCUT2D eigenvalue weighted by Gasteiger charge is -2.57. The minimum atomic E-state index is -0.204. The molecule has 3 N–H and O–H groups in total. The first-order chi connectivity index (χ1) is 13.1. The van der Waals surface area contributed by atoms with Crippen LogP contribution in [0.5, 0.6) is 0 Å². The zero-order valence-electron chi connectivity index (χ0n) is 16.0. The quantitative estimate of drug-likeness (QED) is 0.804. The molecule has 3 aliphatic rings. The van der Waals surface area contributed by atoms with Crippen LogP contribution < -0.4 is 10.6 Å². The van der Waals surface area contributed by atoms with Crippen molar-refractivity contribution >= 4 is 17.3 Å². The monoisotopic (exact) mass is 393 g/mol. The Morgan fingerprint density at radius 2 is 1.85 bits per heavy atom. The van der Waals surface area contributed by atoms with E-state index in [1.54, 1.807) is 0 Å². The molecule has 1 spiro atoms. The van der Waals surface area contributed by atoms with Gasteiger partial charge in [0.2, 0.25) is 0 Å². The molecule has 3 fully saturated rings.